The number of benzene rings is 2. The number of anilines is 1. The van der Waals surface area contributed by atoms with Gasteiger partial charge in [0.05, 0.1) is 0 Å². The second-order valence-electron chi connectivity index (χ2n) is 4.12. The van der Waals surface area contributed by atoms with E-state index in [2.05, 4.69) is 45.5 Å². The second kappa shape index (κ2) is 4.50. The molecule has 18 heavy (non-hydrogen) atoms. The zero-order chi connectivity index (χ0) is 12.5. The Hall–Kier alpha value is -1.74. The molecule has 0 amide bonds. The standard InChI is InChI=1S/C15H12BrNO/c1-17-13-5-2-10(3-6-13)15-9-11-8-12(16)4-7-14(11)18-15/h2-9,17H,1H3. The lowest BCUT2D eigenvalue weighted by atomic mass is 10.1. The third-order valence-electron chi connectivity index (χ3n) is 2.94. The Kier molecular flexibility index (Phi) is 2.84. The Morgan fingerprint density at radius 2 is 1.78 bits per heavy atom. The quantitative estimate of drug-likeness (QED) is 0.728. The zero-order valence-corrected chi connectivity index (χ0v) is 11.5. The molecule has 3 heteroatoms. The van der Waals surface area contributed by atoms with Gasteiger partial charge in [0.1, 0.15) is 11.3 Å². The molecule has 2 aromatic carbocycles. The van der Waals surface area contributed by atoms with E-state index in [1.807, 2.05) is 31.3 Å². The van der Waals surface area contributed by atoms with Gasteiger partial charge in [0.25, 0.3) is 0 Å². The van der Waals surface area contributed by atoms with Crippen molar-refractivity contribution in [3.63, 3.8) is 0 Å². The molecule has 90 valence electrons. The van der Waals surface area contributed by atoms with Crippen molar-refractivity contribution in [1.82, 2.24) is 0 Å². The topological polar surface area (TPSA) is 25.2 Å². The first-order valence-electron chi connectivity index (χ1n) is 5.73. The Bertz CT molecular complexity index is 685. The summed E-state index contributed by atoms with van der Waals surface area (Å²) in [4.78, 5) is 0. The first-order chi connectivity index (χ1) is 8.76. The van der Waals surface area contributed by atoms with E-state index in [-0.39, 0.29) is 0 Å². The van der Waals surface area contributed by atoms with Crippen LogP contribution < -0.4 is 5.32 Å². The average molecular weight is 302 g/mol. The Balaban J connectivity index is 2.07. The highest BCUT2D eigenvalue weighted by atomic mass is 79.9. The largest absolute Gasteiger partial charge is 0.456 e. The van der Waals surface area contributed by atoms with Crippen molar-refractivity contribution in [3.8, 4) is 11.3 Å². The van der Waals surface area contributed by atoms with Gasteiger partial charge in [0, 0.05) is 28.2 Å². The highest BCUT2D eigenvalue weighted by Gasteiger charge is 2.06. The number of hydrogen-bond acceptors (Lipinski definition) is 2. The summed E-state index contributed by atoms with van der Waals surface area (Å²) >= 11 is 3.47. The molecule has 1 aromatic heterocycles. The maximum atomic E-state index is 5.84. The van der Waals surface area contributed by atoms with Gasteiger partial charge < -0.3 is 9.73 Å². The molecule has 1 heterocycles. The summed E-state index contributed by atoms with van der Waals surface area (Å²) in [7, 11) is 1.91. The minimum Gasteiger partial charge on any atom is -0.456 e. The normalized spacial score (nSPS) is 10.8. The van der Waals surface area contributed by atoms with Gasteiger partial charge >= 0.3 is 0 Å². The molecule has 0 saturated heterocycles. The average Bonchev–Trinajstić information content (AvgIpc) is 2.81. The number of halogens is 1. The highest BCUT2D eigenvalue weighted by Crippen LogP contribution is 2.30. The summed E-state index contributed by atoms with van der Waals surface area (Å²) in [5.74, 6) is 0.894. The van der Waals surface area contributed by atoms with Crippen LogP contribution in [0.4, 0.5) is 5.69 Å². The van der Waals surface area contributed by atoms with Crippen molar-refractivity contribution in [2.24, 2.45) is 0 Å². The summed E-state index contributed by atoms with van der Waals surface area (Å²) in [6.45, 7) is 0. The van der Waals surface area contributed by atoms with Gasteiger partial charge in [-0.25, -0.2) is 0 Å². The Morgan fingerprint density at radius 3 is 2.50 bits per heavy atom. The second-order valence-corrected chi connectivity index (χ2v) is 5.04. The molecule has 3 aromatic rings. The molecule has 0 aliphatic carbocycles. The van der Waals surface area contributed by atoms with Crippen molar-refractivity contribution in [1.29, 1.82) is 0 Å². The summed E-state index contributed by atoms with van der Waals surface area (Å²) < 4.78 is 6.90. The molecule has 0 unspecified atom stereocenters. The molecular weight excluding hydrogens is 290 g/mol. The number of hydrogen-bond donors (Lipinski definition) is 1. The van der Waals surface area contributed by atoms with Gasteiger partial charge in [0.15, 0.2) is 0 Å². The van der Waals surface area contributed by atoms with Crippen molar-refractivity contribution in [2.75, 3.05) is 12.4 Å². The zero-order valence-electron chi connectivity index (χ0n) is 9.91. The van der Waals surface area contributed by atoms with Gasteiger partial charge in [-0.05, 0) is 48.5 Å². The fraction of sp³-hybridized carbons (Fsp3) is 0.0667. The molecule has 0 aliphatic heterocycles. The number of rotatable bonds is 2. The van der Waals surface area contributed by atoms with Gasteiger partial charge in [-0.2, -0.15) is 0 Å². The molecular formula is C15H12BrNO. The maximum Gasteiger partial charge on any atom is 0.135 e. The van der Waals surface area contributed by atoms with Gasteiger partial charge in [-0.3, -0.25) is 0 Å². The van der Waals surface area contributed by atoms with Crippen LogP contribution in [0, 0.1) is 0 Å². The molecule has 1 N–H and O–H groups in total. The van der Waals surface area contributed by atoms with Crippen LogP contribution in [0.3, 0.4) is 0 Å². The first-order valence-corrected chi connectivity index (χ1v) is 6.53. The first kappa shape index (κ1) is 11.4. The molecule has 3 rings (SSSR count). The van der Waals surface area contributed by atoms with Crippen LogP contribution in [0.1, 0.15) is 0 Å². The monoisotopic (exact) mass is 301 g/mol. The van der Waals surface area contributed by atoms with Crippen LogP contribution in [-0.2, 0) is 0 Å². The predicted molar refractivity (Wildman–Crippen MR) is 78.9 cm³/mol. The van der Waals surface area contributed by atoms with E-state index in [4.69, 9.17) is 4.42 Å². The molecule has 0 aliphatic rings. The fourth-order valence-electron chi connectivity index (χ4n) is 1.96. The molecule has 0 radical (unpaired) electrons. The van der Waals surface area contributed by atoms with E-state index < -0.39 is 0 Å². The summed E-state index contributed by atoms with van der Waals surface area (Å²) in [6, 6.07) is 16.3. The van der Waals surface area contributed by atoms with Crippen LogP contribution in [0.15, 0.2) is 57.4 Å². The Labute approximate surface area is 114 Å². The summed E-state index contributed by atoms with van der Waals surface area (Å²) in [6.07, 6.45) is 0. The van der Waals surface area contributed by atoms with Crippen molar-refractivity contribution in [2.45, 2.75) is 0 Å². The maximum absolute atomic E-state index is 5.84. The van der Waals surface area contributed by atoms with Crippen LogP contribution >= 0.6 is 15.9 Å². The van der Waals surface area contributed by atoms with Crippen molar-refractivity contribution < 1.29 is 4.42 Å². The lowest BCUT2D eigenvalue weighted by Gasteiger charge is -2.00. The lowest BCUT2D eigenvalue weighted by molar-refractivity contribution is 0.631. The SMILES string of the molecule is CNc1ccc(-c2cc3cc(Br)ccc3o2)cc1. The van der Waals surface area contributed by atoms with Gasteiger partial charge in [-0.1, -0.05) is 15.9 Å². The summed E-state index contributed by atoms with van der Waals surface area (Å²) in [5, 5.41) is 4.21. The fourth-order valence-corrected chi connectivity index (χ4v) is 2.34. The molecule has 0 fully saturated rings. The Morgan fingerprint density at radius 1 is 1.00 bits per heavy atom. The minimum atomic E-state index is 0.894. The molecule has 0 bridgehead atoms. The van der Waals surface area contributed by atoms with Crippen LogP contribution in [0.5, 0.6) is 0 Å². The smallest absolute Gasteiger partial charge is 0.135 e. The number of fused-ring (bicyclic) bond motifs is 1. The van der Waals surface area contributed by atoms with Crippen molar-refractivity contribution >= 4 is 32.6 Å². The van der Waals surface area contributed by atoms with Gasteiger partial charge in [0.2, 0.25) is 0 Å². The number of furan rings is 1. The minimum absolute atomic E-state index is 0.894. The lowest BCUT2D eigenvalue weighted by Crippen LogP contribution is -1.86. The van der Waals surface area contributed by atoms with E-state index in [0.717, 1.165) is 32.5 Å². The van der Waals surface area contributed by atoms with Crippen LogP contribution in [0.2, 0.25) is 0 Å². The van der Waals surface area contributed by atoms with E-state index in [9.17, 15) is 0 Å². The van der Waals surface area contributed by atoms with E-state index in [0.29, 0.717) is 0 Å². The third kappa shape index (κ3) is 2.02. The van der Waals surface area contributed by atoms with Crippen LogP contribution in [-0.4, -0.2) is 7.05 Å². The number of nitrogens with one attached hydrogen (secondary N) is 1. The van der Waals surface area contributed by atoms with Crippen molar-refractivity contribution in [3.05, 3.63) is 53.0 Å². The third-order valence-corrected chi connectivity index (χ3v) is 3.43. The van der Waals surface area contributed by atoms with E-state index >= 15 is 0 Å². The van der Waals surface area contributed by atoms with E-state index in [1.54, 1.807) is 0 Å². The highest BCUT2D eigenvalue weighted by molar-refractivity contribution is 9.10. The molecule has 0 atom stereocenters. The molecule has 0 spiro atoms. The molecule has 2 nitrogen and oxygen atoms in total. The van der Waals surface area contributed by atoms with E-state index in [1.165, 1.54) is 0 Å². The van der Waals surface area contributed by atoms with Crippen LogP contribution in [0.25, 0.3) is 22.3 Å². The molecule has 0 saturated carbocycles. The predicted octanol–water partition coefficient (Wildman–Crippen LogP) is 4.90. The van der Waals surface area contributed by atoms with Gasteiger partial charge in [-0.15, -0.1) is 0 Å². The summed E-state index contributed by atoms with van der Waals surface area (Å²) in [5.41, 5.74) is 3.09.